The molecular formula is C15H23N3O3. The Morgan fingerprint density at radius 3 is 2.81 bits per heavy atom. The molecule has 1 N–H and O–H groups in total. The van der Waals surface area contributed by atoms with Crippen LogP contribution in [0.3, 0.4) is 0 Å². The summed E-state index contributed by atoms with van der Waals surface area (Å²) >= 11 is 0. The van der Waals surface area contributed by atoms with Gasteiger partial charge in [0.1, 0.15) is 0 Å². The molecule has 0 radical (unpaired) electrons. The molecule has 0 bridgehead atoms. The zero-order valence-electron chi connectivity index (χ0n) is 12.3. The number of aliphatic hydroxyl groups excluding tert-OH is 1. The van der Waals surface area contributed by atoms with Crippen LogP contribution in [0.2, 0.25) is 0 Å². The van der Waals surface area contributed by atoms with Gasteiger partial charge in [-0.2, -0.15) is 5.10 Å². The van der Waals surface area contributed by atoms with Crippen molar-refractivity contribution in [3.63, 3.8) is 0 Å². The van der Waals surface area contributed by atoms with Gasteiger partial charge in [-0.1, -0.05) is 6.42 Å². The number of hydrogen-bond acceptors (Lipinski definition) is 5. The van der Waals surface area contributed by atoms with Crippen LogP contribution in [0.5, 0.6) is 0 Å². The third-order valence-electron chi connectivity index (χ3n) is 4.56. The molecule has 3 rings (SSSR count). The van der Waals surface area contributed by atoms with Crippen molar-refractivity contribution >= 4 is 5.69 Å². The molecule has 116 valence electrons. The minimum absolute atomic E-state index is 0.0634. The van der Waals surface area contributed by atoms with Crippen LogP contribution >= 0.6 is 0 Å². The zero-order chi connectivity index (χ0) is 14.7. The molecule has 1 saturated carbocycles. The fourth-order valence-corrected chi connectivity index (χ4v) is 3.23. The summed E-state index contributed by atoms with van der Waals surface area (Å²) in [6.45, 7) is 3.59. The number of aryl methyl sites for hydroxylation is 1. The lowest BCUT2D eigenvalue weighted by molar-refractivity contribution is 0.122. The number of aliphatic hydroxyl groups is 1. The molecule has 0 spiro atoms. The second kappa shape index (κ2) is 6.58. The Bertz CT molecular complexity index is 525. The first-order chi connectivity index (χ1) is 10.2. The van der Waals surface area contributed by atoms with Gasteiger partial charge >= 0.3 is 0 Å². The highest BCUT2D eigenvalue weighted by atomic mass is 16.5. The van der Waals surface area contributed by atoms with Crippen LogP contribution in [0.15, 0.2) is 17.1 Å². The summed E-state index contributed by atoms with van der Waals surface area (Å²) in [7, 11) is 0. The zero-order valence-corrected chi connectivity index (χ0v) is 12.3. The Kier molecular flexibility index (Phi) is 4.55. The van der Waals surface area contributed by atoms with E-state index in [-0.39, 0.29) is 11.7 Å². The molecule has 1 aromatic rings. The summed E-state index contributed by atoms with van der Waals surface area (Å²) in [5.74, 6) is 0.317. The van der Waals surface area contributed by atoms with Gasteiger partial charge in [-0.15, -0.1) is 0 Å². The van der Waals surface area contributed by atoms with Crippen molar-refractivity contribution in [3.05, 3.63) is 22.6 Å². The SMILES string of the molecule is O=c1cc(N2CCOCC2)cnn1CCC1CCCC1O. The fourth-order valence-electron chi connectivity index (χ4n) is 3.23. The van der Waals surface area contributed by atoms with Crippen molar-refractivity contribution in [1.82, 2.24) is 9.78 Å². The van der Waals surface area contributed by atoms with Crippen molar-refractivity contribution in [2.75, 3.05) is 31.2 Å². The molecule has 2 atom stereocenters. The maximum Gasteiger partial charge on any atom is 0.268 e. The fraction of sp³-hybridized carbons (Fsp3) is 0.733. The third kappa shape index (κ3) is 3.44. The summed E-state index contributed by atoms with van der Waals surface area (Å²) < 4.78 is 6.82. The van der Waals surface area contributed by atoms with Gasteiger partial charge in [0.05, 0.1) is 31.2 Å². The van der Waals surface area contributed by atoms with Crippen molar-refractivity contribution in [2.45, 2.75) is 38.3 Å². The van der Waals surface area contributed by atoms with Gasteiger partial charge in [0.2, 0.25) is 0 Å². The van der Waals surface area contributed by atoms with E-state index in [1.54, 1.807) is 12.3 Å². The second-order valence-corrected chi connectivity index (χ2v) is 5.92. The maximum absolute atomic E-state index is 12.1. The molecule has 1 aromatic heterocycles. The highest BCUT2D eigenvalue weighted by Crippen LogP contribution is 2.28. The number of morpholine rings is 1. The van der Waals surface area contributed by atoms with Gasteiger partial charge in [-0.3, -0.25) is 4.79 Å². The van der Waals surface area contributed by atoms with E-state index in [9.17, 15) is 9.90 Å². The summed E-state index contributed by atoms with van der Waals surface area (Å²) in [4.78, 5) is 14.3. The molecular weight excluding hydrogens is 270 g/mol. The Morgan fingerprint density at radius 1 is 1.33 bits per heavy atom. The van der Waals surface area contributed by atoms with E-state index >= 15 is 0 Å². The number of rotatable bonds is 4. The Morgan fingerprint density at radius 2 is 2.14 bits per heavy atom. The molecule has 2 heterocycles. The lowest BCUT2D eigenvalue weighted by atomic mass is 10.0. The summed E-state index contributed by atoms with van der Waals surface area (Å²) in [6, 6.07) is 1.66. The van der Waals surface area contributed by atoms with Gasteiger partial charge in [-0.05, 0) is 25.2 Å². The van der Waals surface area contributed by atoms with Crippen molar-refractivity contribution < 1.29 is 9.84 Å². The number of aromatic nitrogens is 2. The quantitative estimate of drug-likeness (QED) is 0.882. The summed E-state index contributed by atoms with van der Waals surface area (Å²) in [5.41, 5.74) is 0.812. The molecule has 0 amide bonds. The summed E-state index contributed by atoms with van der Waals surface area (Å²) in [6.07, 6.45) is 5.42. The van der Waals surface area contributed by atoms with E-state index in [4.69, 9.17) is 4.74 Å². The third-order valence-corrected chi connectivity index (χ3v) is 4.56. The standard InChI is InChI=1S/C15H23N3O3/c19-14-3-1-2-12(14)4-5-18-15(20)10-13(11-16-18)17-6-8-21-9-7-17/h10-12,14,19H,1-9H2. The van der Waals surface area contributed by atoms with E-state index in [0.717, 1.165) is 44.5 Å². The molecule has 2 aliphatic rings. The van der Waals surface area contributed by atoms with E-state index in [2.05, 4.69) is 10.00 Å². The predicted octanol–water partition coefficient (Wildman–Crippen LogP) is 0.631. The average Bonchev–Trinajstić information content (AvgIpc) is 2.92. The van der Waals surface area contributed by atoms with Crippen LogP contribution in [0.4, 0.5) is 5.69 Å². The van der Waals surface area contributed by atoms with Crippen LogP contribution in [0.25, 0.3) is 0 Å². The Labute approximate surface area is 124 Å². The first-order valence-corrected chi connectivity index (χ1v) is 7.82. The molecule has 1 saturated heterocycles. The van der Waals surface area contributed by atoms with Gasteiger partial charge in [-0.25, -0.2) is 4.68 Å². The van der Waals surface area contributed by atoms with E-state index < -0.39 is 0 Å². The van der Waals surface area contributed by atoms with E-state index in [0.29, 0.717) is 25.7 Å². The topological polar surface area (TPSA) is 67.6 Å². The Balaban J connectivity index is 1.62. The van der Waals surface area contributed by atoms with Crippen LogP contribution in [0, 0.1) is 5.92 Å². The predicted molar refractivity (Wildman–Crippen MR) is 79.5 cm³/mol. The molecule has 1 aliphatic heterocycles. The van der Waals surface area contributed by atoms with Crippen molar-refractivity contribution in [2.24, 2.45) is 5.92 Å². The van der Waals surface area contributed by atoms with Crippen molar-refractivity contribution in [1.29, 1.82) is 0 Å². The molecule has 0 aromatic carbocycles. The average molecular weight is 293 g/mol. The first kappa shape index (κ1) is 14.5. The van der Waals surface area contributed by atoms with Crippen LogP contribution in [-0.2, 0) is 11.3 Å². The smallest absolute Gasteiger partial charge is 0.268 e. The normalized spacial score (nSPS) is 26.2. The van der Waals surface area contributed by atoms with E-state index in [1.165, 1.54) is 4.68 Å². The van der Waals surface area contributed by atoms with Crippen LogP contribution in [-0.4, -0.2) is 47.3 Å². The highest BCUT2D eigenvalue weighted by Gasteiger charge is 2.24. The number of anilines is 1. The summed E-state index contributed by atoms with van der Waals surface area (Å²) in [5, 5.41) is 14.1. The monoisotopic (exact) mass is 293 g/mol. The molecule has 2 unspecified atom stereocenters. The highest BCUT2D eigenvalue weighted by molar-refractivity contribution is 5.43. The maximum atomic E-state index is 12.1. The lowest BCUT2D eigenvalue weighted by Gasteiger charge is -2.28. The number of hydrogen-bond donors (Lipinski definition) is 1. The molecule has 6 heteroatoms. The minimum atomic E-state index is -0.201. The largest absolute Gasteiger partial charge is 0.393 e. The van der Waals surface area contributed by atoms with E-state index in [1.807, 2.05) is 0 Å². The van der Waals surface area contributed by atoms with Crippen LogP contribution < -0.4 is 10.5 Å². The van der Waals surface area contributed by atoms with Crippen LogP contribution in [0.1, 0.15) is 25.7 Å². The van der Waals surface area contributed by atoms with Gasteiger partial charge in [0.15, 0.2) is 0 Å². The Hall–Kier alpha value is -1.40. The molecule has 2 fully saturated rings. The van der Waals surface area contributed by atoms with Crippen molar-refractivity contribution in [3.8, 4) is 0 Å². The number of nitrogens with zero attached hydrogens (tertiary/aromatic N) is 3. The minimum Gasteiger partial charge on any atom is -0.393 e. The number of ether oxygens (including phenoxy) is 1. The first-order valence-electron chi connectivity index (χ1n) is 7.82. The second-order valence-electron chi connectivity index (χ2n) is 5.92. The molecule has 1 aliphatic carbocycles. The van der Waals surface area contributed by atoms with Gasteiger partial charge in [0, 0.05) is 25.7 Å². The lowest BCUT2D eigenvalue weighted by Crippen LogP contribution is -2.37. The molecule has 6 nitrogen and oxygen atoms in total. The molecule has 21 heavy (non-hydrogen) atoms. The van der Waals surface area contributed by atoms with Gasteiger partial charge in [0.25, 0.3) is 5.56 Å². The van der Waals surface area contributed by atoms with Gasteiger partial charge < -0.3 is 14.7 Å².